The van der Waals surface area contributed by atoms with E-state index in [-0.39, 0.29) is 28.3 Å². The largest absolute Gasteiger partial charge is 0.478 e. The van der Waals surface area contributed by atoms with Crippen molar-refractivity contribution < 1.29 is 24.0 Å². The van der Waals surface area contributed by atoms with Crippen LogP contribution in [0.5, 0.6) is 0 Å². The van der Waals surface area contributed by atoms with Gasteiger partial charge in [0, 0.05) is 17.7 Å². The van der Waals surface area contributed by atoms with Gasteiger partial charge in [0.15, 0.2) is 12.0 Å². The van der Waals surface area contributed by atoms with E-state index in [1.54, 1.807) is 0 Å². The fourth-order valence-corrected chi connectivity index (χ4v) is 1.60. The van der Waals surface area contributed by atoms with Crippen LogP contribution in [-0.2, 0) is 0 Å². The van der Waals surface area contributed by atoms with E-state index in [9.17, 15) is 19.7 Å². The van der Waals surface area contributed by atoms with Crippen molar-refractivity contribution in [1.29, 1.82) is 0 Å². The Labute approximate surface area is 106 Å². The van der Waals surface area contributed by atoms with Crippen molar-refractivity contribution in [2.75, 3.05) is 0 Å². The molecule has 0 unspecified atom stereocenters. The number of nitro benzene ring substituents is 1. The zero-order chi connectivity index (χ0) is 14.0. The summed E-state index contributed by atoms with van der Waals surface area (Å²) < 4.78 is 5.11. The summed E-state index contributed by atoms with van der Waals surface area (Å²) in [5.74, 6) is -1.11. The van der Waals surface area contributed by atoms with Crippen molar-refractivity contribution in [1.82, 2.24) is 0 Å². The Morgan fingerprint density at radius 1 is 1.32 bits per heavy atom. The van der Waals surface area contributed by atoms with Crippen LogP contribution in [0.15, 0.2) is 34.7 Å². The quantitative estimate of drug-likeness (QED) is 0.513. The average molecular weight is 261 g/mol. The van der Waals surface area contributed by atoms with Crippen molar-refractivity contribution in [3.63, 3.8) is 0 Å². The SMILES string of the molecule is O=Cc1ccc(-c2ccc([N+](=O)[O-])cc2C(=O)O)o1. The number of nitrogens with zero attached hydrogens (tertiary/aromatic N) is 1. The van der Waals surface area contributed by atoms with Crippen LogP contribution in [0.2, 0.25) is 0 Å². The number of aromatic carboxylic acids is 1. The maximum Gasteiger partial charge on any atom is 0.336 e. The molecule has 0 fully saturated rings. The molecule has 0 bridgehead atoms. The molecule has 7 nitrogen and oxygen atoms in total. The lowest BCUT2D eigenvalue weighted by Crippen LogP contribution is -2.01. The Morgan fingerprint density at radius 3 is 2.58 bits per heavy atom. The molecule has 2 aromatic rings. The molecule has 0 radical (unpaired) electrons. The fourth-order valence-electron chi connectivity index (χ4n) is 1.60. The van der Waals surface area contributed by atoms with Crippen LogP contribution in [0.25, 0.3) is 11.3 Å². The number of carbonyl (C=O) groups excluding carboxylic acids is 1. The van der Waals surface area contributed by atoms with Gasteiger partial charge in [-0.1, -0.05) is 0 Å². The van der Waals surface area contributed by atoms with E-state index in [0.717, 1.165) is 6.07 Å². The Hall–Kier alpha value is -2.96. The van der Waals surface area contributed by atoms with E-state index in [4.69, 9.17) is 9.52 Å². The minimum Gasteiger partial charge on any atom is -0.478 e. The number of rotatable bonds is 4. The van der Waals surface area contributed by atoms with Gasteiger partial charge in [-0.05, 0) is 18.2 Å². The number of carbonyl (C=O) groups is 2. The van der Waals surface area contributed by atoms with Crippen LogP contribution >= 0.6 is 0 Å². The van der Waals surface area contributed by atoms with Gasteiger partial charge in [-0.2, -0.15) is 0 Å². The van der Waals surface area contributed by atoms with Gasteiger partial charge in [0.2, 0.25) is 0 Å². The zero-order valence-corrected chi connectivity index (χ0v) is 9.40. The molecule has 2 rings (SSSR count). The first-order valence-corrected chi connectivity index (χ1v) is 5.10. The van der Waals surface area contributed by atoms with Crippen LogP contribution < -0.4 is 0 Å². The molecule has 1 aromatic carbocycles. The second-order valence-electron chi connectivity index (χ2n) is 3.61. The van der Waals surface area contributed by atoms with Crippen LogP contribution in [-0.4, -0.2) is 22.3 Å². The summed E-state index contributed by atoms with van der Waals surface area (Å²) in [5.41, 5.74) is -0.421. The Bertz CT molecular complexity index is 673. The maximum atomic E-state index is 11.1. The number of hydrogen-bond donors (Lipinski definition) is 1. The molecule has 0 atom stereocenters. The van der Waals surface area contributed by atoms with Gasteiger partial charge in [-0.25, -0.2) is 4.79 Å². The second-order valence-corrected chi connectivity index (χ2v) is 3.61. The Morgan fingerprint density at radius 2 is 2.05 bits per heavy atom. The summed E-state index contributed by atoms with van der Waals surface area (Å²) in [6.07, 6.45) is 0.481. The molecule has 0 aliphatic rings. The molecule has 1 heterocycles. The monoisotopic (exact) mass is 261 g/mol. The topological polar surface area (TPSA) is 111 Å². The molecule has 19 heavy (non-hydrogen) atoms. The second kappa shape index (κ2) is 4.73. The molecule has 0 spiro atoms. The fraction of sp³-hybridized carbons (Fsp3) is 0. The third kappa shape index (κ3) is 2.34. The molecule has 0 aliphatic heterocycles. The first-order valence-electron chi connectivity index (χ1n) is 5.10. The molecule has 0 amide bonds. The predicted molar refractivity (Wildman–Crippen MR) is 63.1 cm³/mol. The average Bonchev–Trinajstić information content (AvgIpc) is 2.86. The highest BCUT2D eigenvalue weighted by Crippen LogP contribution is 2.28. The van der Waals surface area contributed by atoms with Crippen LogP contribution in [0.1, 0.15) is 20.9 Å². The zero-order valence-electron chi connectivity index (χ0n) is 9.40. The van der Waals surface area contributed by atoms with Crippen molar-refractivity contribution in [2.45, 2.75) is 0 Å². The Kier molecular flexibility index (Phi) is 3.11. The van der Waals surface area contributed by atoms with Crippen molar-refractivity contribution in [3.8, 4) is 11.3 Å². The standard InChI is InChI=1S/C12H7NO6/c14-6-8-2-4-11(19-8)9-3-1-7(13(17)18)5-10(9)12(15)16/h1-6H,(H,15,16). The lowest BCUT2D eigenvalue weighted by molar-refractivity contribution is -0.384. The summed E-state index contributed by atoms with van der Waals surface area (Å²) in [5, 5.41) is 19.7. The lowest BCUT2D eigenvalue weighted by atomic mass is 10.0. The lowest BCUT2D eigenvalue weighted by Gasteiger charge is -2.02. The van der Waals surface area contributed by atoms with Crippen molar-refractivity contribution in [2.24, 2.45) is 0 Å². The van der Waals surface area contributed by atoms with E-state index in [2.05, 4.69) is 0 Å². The number of carboxylic acid groups (broad SMARTS) is 1. The molecule has 1 aromatic heterocycles. The normalized spacial score (nSPS) is 10.1. The number of carboxylic acids is 1. The van der Waals surface area contributed by atoms with Gasteiger partial charge in [-0.15, -0.1) is 0 Å². The van der Waals surface area contributed by atoms with E-state index in [1.807, 2.05) is 0 Å². The van der Waals surface area contributed by atoms with Crippen LogP contribution in [0.4, 0.5) is 5.69 Å². The molecule has 0 saturated heterocycles. The van der Waals surface area contributed by atoms with E-state index in [1.165, 1.54) is 24.3 Å². The summed E-state index contributed by atoms with van der Waals surface area (Å²) in [7, 11) is 0. The number of aldehydes is 1. The summed E-state index contributed by atoms with van der Waals surface area (Å²) in [6.45, 7) is 0. The molecular weight excluding hydrogens is 254 g/mol. The van der Waals surface area contributed by atoms with Gasteiger partial charge >= 0.3 is 5.97 Å². The minimum absolute atomic E-state index is 0.0460. The van der Waals surface area contributed by atoms with Gasteiger partial charge in [0.25, 0.3) is 5.69 Å². The third-order valence-corrected chi connectivity index (χ3v) is 2.45. The third-order valence-electron chi connectivity index (χ3n) is 2.45. The summed E-state index contributed by atoms with van der Waals surface area (Å²) in [4.78, 5) is 31.6. The van der Waals surface area contributed by atoms with Gasteiger partial charge < -0.3 is 9.52 Å². The Balaban J connectivity index is 2.59. The number of non-ortho nitro benzene ring substituents is 1. The molecule has 0 aliphatic carbocycles. The highest BCUT2D eigenvalue weighted by atomic mass is 16.6. The molecule has 1 N–H and O–H groups in total. The highest BCUT2D eigenvalue weighted by molar-refractivity contribution is 5.96. The van der Waals surface area contributed by atoms with E-state index in [0.29, 0.717) is 6.29 Å². The number of benzene rings is 1. The van der Waals surface area contributed by atoms with Crippen LogP contribution in [0, 0.1) is 10.1 Å². The number of furan rings is 1. The molecular formula is C12H7NO6. The van der Waals surface area contributed by atoms with Gasteiger partial charge in [0.05, 0.1) is 10.5 Å². The van der Waals surface area contributed by atoms with Gasteiger partial charge in [0.1, 0.15) is 5.76 Å². The van der Waals surface area contributed by atoms with E-state index < -0.39 is 10.9 Å². The summed E-state index contributed by atoms with van der Waals surface area (Å²) >= 11 is 0. The number of nitro groups is 1. The van der Waals surface area contributed by atoms with Crippen molar-refractivity contribution >= 4 is 17.9 Å². The molecule has 0 saturated carbocycles. The van der Waals surface area contributed by atoms with Gasteiger partial charge in [-0.3, -0.25) is 14.9 Å². The summed E-state index contributed by atoms with van der Waals surface area (Å²) in [6, 6.07) is 6.20. The van der Waals surface area contributed by atoms with Crippen molar-refractivity contribution in [3.05, 3.63) is 51.8 Å². The maximum absolute atomic E-state index is 11.1. The number of hydrogen-bond acceptors (Lipinski definition) is 5. The smallest absolute Gasteiger partial charge is 0.336 e. The van der Waals surface area contributed by atoms with Crippen LogP contribution in [0.3, 0.4) is 0 Å². The predicted octanol–water partition coefficient (Wildman–Crippen LogP) is 2.37. The molecule has 96 valence electrons. The first-order chi connectivity index (χ1) is 9.02. The first kappa shape index (κ1) is 12.5. The molecule has 7 heteroatoms. The highest BCUT2D eigenvalue weighted by Gasteiger charge is 2.19. The van der Waals surface area contributed by atoms with E-state index >= 15 is 0 Å². The minimum atomic E-state index is -1.32.